The highest BCUT2D eigenvalue weighted by atomic mass is 16.6. The Kier molecular flexibility index (Phi) is 5.59. The Balaban J connectivity index is 1.84. The molecule has 1 heterocycles. The van der Waals surface area contributed by atoms with Crippen molar-refractivity contribution in [2.24, 2.45) is 0 Å². The molecule has 130 valence electrons. The Morgan fingerprint density at radius 3 is 2.25 bits per heavy atom. The van der Waals surface area contributed by atoms with Crippen LogP contribution in [0.15, 0.2) is 24.3 Å². The molecule has 6 heteroatoms. The quantitative estimate of drug-likeness (QED) is 0.863. The van der Waals surface area contributed by atoms with Crippen LogP contribution in [0.1, 0.15) is 54.3 Å². The Labute approximate surface area is 142 Å². The van der Waals surface area contributed by atoms with Crippen molar-refractivity contribution in [1.29, 1.82) is 0 Å². The van der Waals surface area contributed by atoms with Crippen LogP contribution in [0.4, 0.5) is 4.79 Å². The largest absolute Gasteiger partial charge is 0.444 e. The van der Waals surface area contributed by atoms with E-state index in [1.807, 2.05) is 20.8 Å². The third kappa shape index (κ3) is 5.08. The molecule has 1 aliphatic rings. The standard InChI is InChI=1S/C18H24N2O4/c1-18(2,3)24-17(23)19-15-8-10-20(11-9-15)16(22)14-6-4-13(12-21)5-7-14/h4-7,12,15H,8-11H2,1-3H3,(H,19,23). The van der Waals surface area contributed by atoms with Crippen molar-refractivity contribution in [3.63, 3.8) is 0 Å². The van der Waals surface area contributed by atoms with Crippen molar-refractivity contribution in [2.75, 3.05) is 13.1 Å². The monoisotopic (exact) mass is 332 g/mol. The fourth-order valence-electron chi connectivity index (χ4n) is 2.59. The van der Waals surface area contributed by atoms with Crippen molar-refractivity contribution >= 4 is 18.3 Å². The lowest BCUT2D eigenvalue weighted by atomic mass is 10.0. The molecule has 1 fully saturated rings. The van der Waals surface area contributed by atoms with Gasteiger partial charge in [-0.3, -0.25) is 9.59 Å². The number of likely N-dealkylation sites (tertiary alicyclic amines) is 1. The summed E-state index contributed by atoms with van der Waals surface area (Å²) in [4.78, 5) is 36.7. The number of hydrogen-bond donors (Lipinski definition) is 1. The lowest BCUT2D eigenvalue weighted by molar-refractivity contribution is 0.0473. The van der Waals surface area contributed by atoms with Crippen LogP contribution in [-0.2, 0) is 4.74 Å². The van der Waals surface area contributed by atoms with Gasteiger partial charge in [0.1, 0.15) is 11.9 Å². The highest BCUT2D eigenvalue weighted by Gasteiger charge is 2.26. The molecule has 1 aromatic rings. The van der Waals surface area contributed by atoms with E-state index in [-0.39, 0.29) is 11.9 Å². The highest BCUT2D eigenvalue weighted by Crippen LogP contribution is 2.15. The smallest absolute Gasteiger partial charge is 0.407 e. The van der Waals surface area contributed by atoms with Gasteiger partial charge in [0.05, 0.1) is 0 Å². The third-order valence-corrected chi connectivity index (χ3v) is 3.80. The molecule has 0 aliphatic carbocycles. The van der Waals surface area contributed by atoms with Crippen LogP contribution in [-0.4, -0.2) is 47.9 Å². The summed E-state index contributed by atoms with van der Waals surface area (Å²) in [6.07, 6.45) is 1.72. The van der Waals surface area contributed by atoms with Crippen molar-refractivity contribution in [3.05, 3.63) is 35.4 Å². The molecule has 1 saturated heterocycles. The second kappa shape index (κ2) is 7.47. The van der Waals surface area contributed by atoms with Gasteiger partial charge in [0, 0.05) is 30.3 Å². The zero-order chi connectivity index (χ0) is 17.7. The van der Waals surface area contributed by atoms with Crippen LogP contribution >= 0.6 is 0 Å². The number of nitrogens with one attached hydrogen (secondary N) is 1. The first-order valence-electron chi connectivity index (χ1n) is 8.12. The van der Waals surface area contributed by atoms with E-state index in [0.29, 0.717) is 37.1 Å². The molecule has 2 rings (SSSR count). The van der Waals surface area contributed by atoms with E-state index < -0.39 is 11.7 Å². The van der Waals surface area contributed by atoms with Gasteiger partial charge in [0.2, 0.25) is 0 Å². The van der Waals surface area contributed by atoms with E-state index in [9.17, 15) is 14.4 Å². The Bertz CT molecular complexity index is 596. The summed E-state index contributed by atoms with van der Waals surface area (Å²) in [6, 6.07) is 6.61. The summed E-state index contributed by atoms with van der Waals surface area (Å²) in [5.41, 5.74) is 0.597. The maximum Gasteiger partial charge on any atom is 0.407 e. The van der Waals surface area contributed by atoms with Crippen molar-refractivity contribution < 1.29 is 19.1 Å². The zero-order valence-corrected chi connectivity index (χ0v) is 14.4. The van der Waals surface area contributed by atoms with Gasteiger partial charge in [0.25, 0.3) is 5.91 Å². The predicted molar refractivity (Wildman–Crippen MR) is 90.1 cm³/mol. The van der Waals surface area contributed by atoms with E-state index in [0.717, 1.165) is 6.29 Å². The lowest BCUT2D eigenvalue weighted by Gasteiger charge is -2.33. The topological polar surface area (TPSA) is 75.7 Å². The van der Waals surface area contributed by atoms with Crippen LogP contribution in [0.5, 0.6) is 0 Å². The van der Waals surface area contributed by atoms with Gasteiger partial charge in [-0.25, -0.2) is 4.79 Å². The van der Waals surface area contributed by atoms with Gasteiger partial charge in [-0.2, -0.15) is 0 Å². The maximum absolute atomic E-state index is 12.4. The summed E-state index contributed by atoms with van der Waals surface area (Å²) in [7, 11) is 0. The number of hydrogen-bond acceptors (Lipinski definition) is 4. The summed E-state index contributed by atoms with van der Waals surface area (Å²) >= 11 is 0. The van der Waals surface area contributed by atoms with Gasteiger partial charge < -0.3 is 15.0 Å². The van der Waals surface area contributed by atoms with Crippen LogP contribution in [0.3, 0.4) is 0 Å². The summed E-state index contributed by atoms with van der Waals surface area (Å²) in [5, 5.41) is 2.85. The highest BCUT2D eigenvalue weighted by molar-refractivity contribution is 5.95. The number of carbonyl (C=O) groups is 3. The Morgan fingerprint density at radius 2 is 1.75 bits per heavy atom. The SMILES string of the molecule is CC(C)(C)OC(=O)NC1CCN(C(=O)c2ccc(C=O)cc2)CC1. The third-order valence-electron chi connectivity index (χ3n) is 3.80. The Hall–Kier alpha value is -2.37. The molecule has 6 nitrogen and oxygen atoms in total. The fourth-order valence-corrected chi connectivity index (χ4v) is 2.59. The van der Waals surface area contributed by atoms with Crippen molar-refractivity contribution in [2.45, 2.75) is 45.3 Å². The van der Waals surface area contributed by atoms with E-state index in [4.69, 9.17) is 4.74 Å². The average Bonchev–Trinajstić information content (AvgIpc) is 2.53. The molecule has 0 atom stereocenters. The van der Waals surface area contributed by atoms with Gasteiger partial charge in [-0.15, -0.1) is 0 Å². The lowest BCUT2D eigenvalue weighted by Crippen LogP contribution is -2.47. The van der Waals surface area contributed by atoms with Gasteiger partial charge in [-0.1, -0.05) is 12.1 Å². The molecule has 0 unspecified atom stereocenters. The molecule has 0 radical (unpaired) electrons. The first-order chi connectivity index (χ1) is 11.3. The summed E-state index contributed by atoms with van der Waals surface area (Å²) in [5.74, 6) is -0.0526. The molecule has 24 heavy (non-hydrogen) atoms. The molecule has 0 spiro atoms. The van der Waals surface area contributed by atoms with E-state index in [1.165, 1.54) is 0 Å². The minimum absolute atomic E-state index is 0.0151. The number of rotatable bonds is 3. The number of ether oxygens (including phenoxy) is 1. The molecular formula is C18H24N2O4. The second-order valence-electron chi connectivity index (χ2n) is 6.95. The van der Waals surface area contributed by atoms with Crippen molar-refractivity contribution in [3.8, 4) is 0 Å². The molecule has 1 aromatic carbocycles. The van der Waals surface area contributed by atoms with Crippen LogP contribution < -0.4 is 5.32 Å². The normalized spacial score (nSPS) is 15.7. The molecule has 0 saturated carbocycles. The number of benzene rings is 1. The van der Waals surface area contributed by atoms with Crippen LogP contribution in [0.2, 0.25) is 0 Å². The summed E-state index contributed by atoms with van der Waals surface area (Å²) < 4.78 is 5.25. The average molecular weight is 332 g/mol. The molecule has 2 amide bonds. The first-order valence-corrected chi connectivity index (χ1v) is 8.12. The van der Waals surface area contributed by atoms with Gasteiger partial charge >= 0.3 is 6.09 Å². The van der Waals surface area contributed by atoms with Crippen molar-refractivity contribution in [1.82, 2.24) is 10.2 Å². The van der Waals surface area contributed by atoms with Crippen LogP contribution in [0, 0.1) is 0 Å². The molecular weight excluding hydrogens is 308 g/mol. The Morgan fingerprint density at radius 1 is 1.17 bits per heavy atom. The molecule has 0 aromatic heterocycles. The molecule has 1 N–H and O–H groups in total. The second-order valence-corrected chi connectivity index (χ2v) is 6.95. The van der Waals surface area contributed by atoms with E-state index >= 15 is 0 Å². The minimum atomic E-state index is -0.519. The minimum Gasteiger partial charge on any atom is -0.444 e. The number of nitrogens with zero attached hydrogens (tertiary/aromatic N) is 1. The van der Waals surface area contributed by atoms with E-state index in [1.54, 1.807) is 29.2 Å². The summed E-state index contributed by atoms with van der Waals surface area (Å²) in [6.45, 7) is 6.63. The van der Waals surface area contributed by atoms with Gasteiger partial charge in [-0.05, 0) is 45.7 Å². The molecule has 0 bridgehead atoms. The first kappa shape index (κ1) is 18.0. The number of piperidine rings is 1. The number of carbonyl (C=O) groups excluding carboxylic acids is 3. The fraction of sp³-hybridized carbons (Fsp3) is 0.500. The van der Waals surface area contributed by atoms with Crippen LogP contribution in [0.25, 0.3) is 0 Å². The number of amides is 2. The molecule has 1 aliphatic heterocycles. The predicted octanol–water partition coefficient (Wildman–Crippen LogP) is 2.63. The number of alkyl carbamates (subject to hydrolysis) is 1. The maximum atomic E-state index is 12.4. The van der Waals surface area contributed by atoms with Gasteiger partial charge in [0.15, 0.2) is 0 Å². The zero-order valence-electron chi connectivity index (χ0n) is 14.4. The number of aldehydes is 1. The van der Waals surface area contributed by atoms with E-state index in [2.05, 4.69) is 5.32 Å².